The largest absolute Gasteiger partial charge is 0.439 e. The molecule has 2 aromatic carbocycles. The molecule has 4 rings (SSSR count). The van der Waals surface area contributed by atoms with Crippen molar-refractivity contribution in [1.29, 1.82) is 0 Å². The van der Waals surface area contributed by atoms with Crippen LogP contribution >= 0.6 is 11.6 Å². The summed E-state index contributed by atoms with van der Waals surface area (Å²) in [5, 5.41) is 0.819. The zero-order valence-corrected chi connectivity index (χ0v) is 13.5. The Bertz CT molecular complexity index is 776. The number of hydrogen-bond donors (Lipinski definition) is 0. The molecule has 1 fully saturated rings. The van der Waals surface area contributed by atoms with Crippen molar-refractivity contribution in [2.24, 2.45) is 0 Å². The number of hydrogen-bond acceptors (Lipinski definition) is 4. The van der Waals surface area contributed by atoms with Crippen LogP contribution in [0.5, 0.6) is 0 Å². The van der Waals surface area contributed by atoms with Gasteiger partial charge in [0.05, 0.1) is 17.3 Å². The Morgan fingerprint density at radius 2 is 1.70 bits per heavy atom. The van der Waals surface area contributed by atoms with Crippen LogP contribution in [0.3, 0.4) is 0 Å². The van der Waals surface area contributed by atoms with Gasteiger partial charge in [0.1, 0.15) is 5.52 Å². The van der Waals surface area contributed by atoms with E-state index in [1.54, 1.807) is 0 Å². The fourth-order valence-electron chi connectivity index (χ4n) is 3.03. The Balaban J connectivity index is 1.41. The molecule has 4 nitrogen and oxygen atoms in total. The van der Waals surface area contributed by atoms with Gasteiger partial charge >= 0.3 is 0 Å². The summed E-state index contributed by atoms with van der Waals surface area (Å²) in [6.45, 7) is 4.63. The van der Waals surface area contributed by atoms with E-state index in [0.29, 0.717) is 0 Å². The Morgan fingerprint density at radius 3 is 2.48 bits per heavy atom. The number of anilines is 1. The number of halogens is 1. The Morgan fingerprint density at radius 1 is 0.957 bits per heavy atom. The van der Waals surface area contributed by atoms with Crippen LogP contribution in [0, 0.1) is 0 Å². The van der Waals surface area contributed by atoms with Crippen molar-refractivity contribution in [3.63, 3.8) is 0 Å². The van der Waals surface area contributed by atoms with Crippen molar-refractivity contribution in [3.05, 3.63) is 59.4 Å². The van der Waals surface area contributed by atoms with E-state index in [1.165, 1.54) is 0 Å². The van der Waals surface area contributed by atoms with Crippen molar-refractivity contribution in [2.75, 3.05) is 31.1 Å². The monoisotopic (exact) mass is 327 g/mol. The molecule has 0 unspecified atom stereocenters. The van der Waals surface area contributed by atoms with E-state index in [0.717, 1.165) is 60.4 Å². The molecule has 0 aliphatic carbocycles. The zero-order valence-electron chi connectivity index (χ0n) is 12.8. The van der Waals surface area contributed by atoms with E-state index in [9.17, 15) is 0 Å². The van der Waals surface area contributed by atoms with Crippen molar-refractivity contribution in [3.8, 4) is 0 Å². The third-order valence-electron chi connectivity index (χ3n) is 4.26. The first-order valence-corrected chi connectivity index (χ1v) is 8.24. The Hall–Kier alpha value is -2.04. The minimum atomic E-state index is 0.755. The molecule has 1 aliphatic heterocycles. The molecule has 0 atom stereocenters. The number of para-hydroxylation sites is 3. The van der Waals surface area contributed by atoms with Crippen LogP contribution < -0.4 is 4.90 Å². The highest BCUT2D eigenvalue weighted by molar-refractivity contribution is 6.33. The van der Waals surface area contributed by atoms with Crippen molar-refractivity contribution in [2.45, 2.75) is 6.54 Å². The second-order valence-electron chi connectivity index (χ2n) is 5.79. The molecule has 0 bridgehead atoms. The molecule has 1 aromatic heterocycles. The van der Waals surface area contributed by atoms with Gasteiger partial charge in [0, 0.05) is 26.2 Å². The molecular formula is C18H18ClN3O. The first-order chi connectivity index (χ1) is 11.3. The minimum Gasteiger partial charge on any atom is -0.439 e. The third kappa shape index (κ3) is 3.05. The maximum absolute atomic E-state index is 6.29. The molecule has 2 heterocycles. The summed E-state index contributed by atoms with van der Waals surface area (Å²) in [6.07, 6.45) is 0. The van der Waals surface area contributed by atoms with Gasteiger partial charge in [-0.3, -0.25) is 4.90 Å². The normalized spacial score (nSPS) is 16.1. The maximum Gasteiger partial charge on any atom is 0.209 e. The average Bonchev–Trinajstić information content (AvgIpc) is 2.98. The summed E-state index contributed by atoms with van der Waals surface area (Å²) in [7, 11) is 0. The summed E-state index contributed by atoms with van der Waals surface area (Å²) < 4.78 is 5.81. The molecule has 1 saturated heterocycles. The van der Waals surface area contributed by atoms with E-state index < -0.39 is 0 Å². The van der Waals surface area contributed by atoms with Crippen molar-refractivity contribution < 1.29 is 4.42 Å². The zero-order chi connectivity index (χ0) is 15.6. The van der Waals surface area contributed by atoms with Gasteiger partial charge in [0.15, 0.2) is 5.58 Å². The van der Waals surface area contributed by atoms with E-state index in [-0.39, 0.29) is 0 Å². The van der Waals surface area contributed by atoms with Crippen LogP contribution in [-0.4, -0.2) is 36.1 Å². The Kier molecular flexibility index (Phi) is 3.93. The topological polar surface area (TPSA) is 32.5 Å². The fourth-order valence-corrected chi connectivity index (χ4v) is 3.29. The quantitative estimate of drug-likeness (QED) is 0.732. The molecule has 0 saturated carbocycles. The molecule has 0 N–H and O–H groups in total. The highest BCUT2D eigenvalue weighted by atomic mass is 35.5. The van der Waals surface area contributed by atoms with Gasteiger partial charge in [-0.25, -0.2) is 4.98 Å². The van der Waals surface area contributed by atoms with Gasteiger partial charge in [-0.15, -0.1) is 0 Å². The highest BCUT2D eigenvalue weighted by Gasteiger charge is 2.20. The summed E-state index contributed by atoms with van der Waals surface area (Å²) in [4.78, 5) is 9.27. The van der Waals surface area contributed by atoms with Crippen molar-refractivity contribution in [1.82, 2.24) is 9.88 Å². The average molecular weight is 328 g/mol. The number of nitrogens with zero attached hydrogens (tertiary/aromatic N) is 3. The third-order valence-corrected chi connectivity index (χ3v) is 4.58. The van der Waals surface area contributed by atoms with Gasteiger partial charge in [0.25, 0.3) is 0 Å². The van der Waals surface area contributed by atoms with E-state index in [2.05, 4.69) is 20.9 Å². The number of benzene rings is 2. The number of oxazole rings is 1. The Labute approximate surface area is 140 Å². The second-order valence-corrected chi connectivity index (χ2v) is 6.20. The number of rotatable bonds is 3. The van der Waals surface area contributed by atoms with E-state index >= 15 is 0 Å². The summed E-state index contributed by atoms with van der Waals surface area (Å²) >= 11 is 6.29. The lowest BCUT2D eigenvalue weighted by Gasteiger charge is -2.35. The minimum absolute atomic E-state index is 0.755. The lowest BCUT2D eigenvalue weighted by atomic mass is 10.2. The first kappa shape index (κ1) is 14.5. The van der Waals surface area contributed by atoms with Crippen LogP contribution in [0.2, 0.25) is 5.02 Å². The molecule has 0 radical (unpaired) electrons. The first-order valence-electron chi connectivity index (χ1n) is 7.86. The highest BCUT2D eigenvalue weighted by Crippen LogP contribution is 2.26. The molecule has 118 valence electrons. The summed E-state index contributed by atoms with van der Waals surface area (Å²) in [5.74, 6) is 0.789. The smallest absolute Gasteiger partial charge is 0.209 e. The molecule has 3 aromatic rings. The molecular weight excluding hydrogens is 310 g/mol. The SMILES string of the molecule is Clc1ccccc1N1CCN(Cc2nc3ccccc3o2)CC1. The molecule has 23 heavy (non-hydrogen) atoms. The second kappa shape index (κ2) is 6.22. The predicted molar refractivity (Wildman–Crippen MR) is 93.0 cm³/mol. The van der Waals surface area contributed by atoms with Crippen LogP contribution in [0.25, 0.3) is 11.1 Å². The van der Waals surface area contributed by atoms with Gasteiger partial charge in [-0.1, -0.05) is 35.9 Å². The number of fused-ring (bicyclic) bond motifs is 1. The number of aromatic nitrogens is 1. The van der Waals surface area contributed by atoms with E-state index in [4.69, 9.17) is 16.0 Å². The maximum atomic E-state index is 6.29. The fraction of sp³-hybridized carbons (Fsp3) is 0.278. The van der Waals surface area contributed by atoms with Crippen LogP contribution in [0.1, 0.15) is 5.89 Å². The lowest BCUT2D eigenvalue weighted by Crippen LogP contribution is -2.46. The molecule has 0 amide bonds. The van der Waals surface area contributed by atoms with Gasteiger partial charge < -0.3 is 9.32 Å². The molecule has 5 heteroatoms. The van der Waals surface area contributed by atoms with Crippen LogP contribution in [-0.2, 0) is 6.54 Å². The molecule has 0 spiro atoms. The van der Waals surface area contributed by atoms with Gasteiger partial charge in [-0.05, 0) is 24.3 Å². The van der Waals surface area contributed by atoms with Crippen LogP contribution in [0.4, 0.5) is 5.69 Å². The van der Waals surface area contributed by atoms with E-state index in [1.807, 2.05) is 42.5 Å². The summed E-state index contributed by atoms with van der Waals surface area (Å²) in [6, 6.07) is 15.9. The lowest BCUT2D eigenvalue weighted by molar-refractivity contribution is 0.228. The van der Waals surface area contributed by atoms with Crippen molar-refractivity contribution >= 4 is 28.4 Å². The van der Waals surface area contributed by atoms with Gasteiger partial charge in [0.2, 0.25) is 5.89 Å². The molecule has 1 aliphatic rings. The number of piperazine rings is 1. The van der Waals surface area contributed by atoms with Gasteiger partial charge in [-0.2, -0.15) is 0 Å². The van der Waals surface area contributed by atoms with Crippen LogP contribution in [0.15, 0.2) is 52.9 Å². The summed E-state index contributed by atoms with van der Waals surface area (Å²) in [5.41, 5.74) is 2.91. The predicted octanol–water partition coefficient (Wildman–Crippen LogP) is 3.80. The standard InChI is InChI=1S/C18H18ClN3O/c19-14-5-1-3-7-16(14)22-11-9-21(10-12-22)13-18-20-15-6-2-4-8-17(15)23-18/h1-8H,9-13H2.